The molecule has 1 fully saturated rings. The normalized spacial score (nSPS) is 22.0. The number of likely N-dealkylation sites (tertiary alicyclic amines) is 1. The number of hydrogen-bond donors (Lipinski definition) is 2. The number of β-amino-alcohol motifs (C(OH)–C–C–N with tert-alkyl or cyclic N) is 1. The first-order chi connectivity index (χ1) is 9.49. The fourth-order valence-electron chi connectivity index (χ4n) is 2.60. The first kappa shape index (κ1) is 14.5. The second kappa shape index (κ2) is 6.05. The van der Waals surface area contributed by atoms with Crippen LogP contribution in [-0.4, -0.2) is 45.7 Å². The lowest BCUT2D eigenvalue weighted by atomic mass is 10.0. The zero-order valence-corrected chi connectivity index (χ0v) is 11.5. The van der Waals surface area contributed by atoms with E-state index in [0.29, 0.717) is 6.42 Å². The molecule has 1 aromatic carbocycles. The van der Waals surface area contributed by atoms with Gasteiger partial charge in [-0.2, -0.15) is 0 Å². The minimum Gasteiger partial charge on any atom is -0.480 e. The number of hydrogen-bond acceptors (Lipinski definition) is 3. The van der Waals surface area contributed by atoms with Crippen molar-refractivity contribution in [1.82, 2.24) is 4.90 Å². The summed E-state index contributed by atoms with van der Waals surface area (Å²) in [5.41, 5.74) is 2.21. The van der Waals surface area contributed by atoms with E-state index in [2.05, 4.69) is 0 Å². The van der Waals surface area contributed by atoms with Gasteiger partial charge in [-0.15, -0.1) is 0 Å². The van der Waals surface area contributed by atoms with Crippen molar-refractivity contribution in [2.75, 3.05) is 6.54 Å². The van der Waals surface area contributed by atoms with Crippen molar-refractivity contribution >= 4 is 11.9 Å². The van der Waals surface area contributed by atoms with Crippen molar-refractivity contribution in [3.63, 3.8) is 0 Å². The first-order valence-electron chi connectivity index (χ1n) is 6.74. The number of aryl methyl sites for hydroxylation is 2. The van der Waals surface area contributed by atoms with E-state index < -0.39 is 18.1 Å². The molecular weight excluding hydrogens is 258 g/mol. The van der Waals surface area contributed by atoms with Crippen LogP contribution in [-0.2, 0) is 16.0 Å². The Hall–Kier alpha value is -1.88. The minimum absolute atomic E-state index is 0.115. The molecule has 1 aliphatic heterocycles. The lowest BCUT2D eigenvalue weighted by Gasteiger charge is -2.21. The van der Waals surface area contributed by atoms with E-state index in [0.717, 1.165) is 11.1 Å². The molecule has 1 aliphatic rings. The molecule has 5 nitrogen and oxygen atoms in total. The van der Waals surface area contributed by atoms with Crippen molar-refractivity contribution in [3.05, 3.63) is 35.4 Å². The highest BCUT2D eigenvalue weighted by molar-refractivity contribution is 5.84. The number of nitrogens with zero attached hydrogens (tertiary/aromatic N) is 1. The van der Waals surface area contributed by atoms with Gasteiger partial charge in [-0.1, -0.05) is 24.3 Å². The van der Waals surface area contributed by atoms with Gasteiger partial charge in [0.25, 0.3) is 0 Å². The van der Waals surface area contributed by atoms with E-state index in [1.165, 1.54) is 4.90 Å². The number of rotatable bonds is 4. The molecule has 1 heterocycles. The van der Waals surface area contributed by atoms with Crippen LogP contribution in [0.1, 0.15) is 24.0 Å². The topological polar surface area (TPSA) is 77.8 Å². The van der Waals surface area contributed by atoms with Crippen molar-refractivity contribution in [3.8, 4) is 0 Å². The molecule has 1 aromatic rings. The van der Waals surface area contributed by atoms with Gasteiger partial charge in [0.1, 0.15) is 6.04 Å². The number of carboxylic acids is 1. The molecule has 0 unspecified atom stereocenters. The Balaban J connectivity index is 1.98. The Morgan fingerprint density at radius 3 is 2.70 bits per heavy atom. The van der Waals surface area contributed by atoms with Crippen LogP contribution in [0.4, 0.5) is 0 Å². The maximum Gasteiger partial charge on any atom is 0.326 e. The monoisotopic (exact) mass is 277 g/mol. The molecular formula is C15H19NO4. The number of amides is 1. The summed E-state index contributed by atoms with van der Waals surface area (Å²) in [5, 5.41) is 18.6. The molecule has 0 radical (unpaired) electrons. The number of carbonyl (C=O) groups is 2. The van der Waals surface area contributed by atoms with Crippen LogP contribution in [0.3, 0.4) is 0 Å². The highest BCUT2D eigenvalue weighted by Crippen LogP contribution is 2.20. The third-order valence-electron chi connectivity index (χ3n) is 3.75. The Labute approximate surface area is 117 Å². The van der Waals surface area contributed by atoms with Gasteiger partial charge in [-0.25, -0.2) is 4.79 Å². The largest absolute Gasteiger partial charge is 0.480 e. The smallest absolute Gasteiger partial charge is 0.326 e. The van der Waals surface area contributed by atoms with Crippen molar-refractivity contribution in [2.45, 2.75) is 38.3 Å². The van der Waals surface area contributed by atoms with Gasteiger partial charge in [-0.3, -0.25) is 4.79 Å². The summed E-state index contributed by atoms with van der Waals surface area (Å²) in [4.78, 5) is 24.5. The Bertz CT molecular complexity index is 514. The number of carboxylic acid groups (broad SMARTS) is 1. The van der Waals surface area contributed by atoms with E-state index in [1.54, 1.807) is 0 Å². The fourth-order valence-corrected chi connectivity index (χ4v) is 2.60. The average molecular weight is 277 g/mol. The second-order valence-corrected chi connectivity index (χ2v) is 5.22. The van der Waals surface area contributed by atoms with Crippen LogP contribution in [0, 0.1) is 6.92 Å². The highest BCUT2D eigenvalue weighted by atomic mass is 16.4. The molecule has 5 heteroatoms. The number of carbonyl (C=O) groups excluding carboxylic acids is 1. The number of benzene rings is 1. The van der Waals surface area contributed by atoms with Gasteiger partial charge in [0.2, 0.25) is 5.91 Å². The van der Waals surface area contributed by atoms with Crippen LogP contribution in [0.5, 0.6) is 0 Å². The maximum atomic E-state index is 12.1. The molecule has 108 valence electrons. The van der Waals surface area contributed by atoms with Gasteiger partial charge in [0.05, 0.1) is 6.10 Å². The summed E-state index contributed by atoms with van der Waals surface area (Å²) in [6.45, 7) is 2.10. The number of aliphatic hydroxyl groups excluding tert-OH is 1. The van der Waals surface area contributed by atoms with Crippen LogP contribution >= 0.6 is 0 Å². The van der Waals surface area contributed by atoms with Gasteiger partial charge in [0.15, 0.2) is 0 Å². The molecule has 0 aliphatic carbocycles. The van der Waals surface area contributed by atoms with Crippen molar-refractivity contribution in [2.24, 2.45) is 0 Å². The second-order valence-electron chi connectivity index (χ2n) is 5.22. The molecule has 0 bridgehead atoms. The van der Waals surface area contributed by atoms with E-state index in [1.807, 2.05) is 31.2 Å². The third-order valence-corrected chi connectivity index (χ3v) is 3.75. The number of aliphatic carboxylic acids is 1. The van der Waals surface area contributed by atoms with Crippen molar-refractivity contribution in [1.29, 1.82) is 0 Å². The van der Waals surface area contributed by atoms with Crippen LogP contribution in [0.25, 0.3) is 0 Å². The fraction of sp³-hybridized carbons (Fsp3) is 0.467. The molecule has 1 saturated heterocycles. The predicted molar refractivity (Wildman–Crippen MR) is 73.3 cm³/mol. The van der Waals surface area contributed by atoms with E-state index in [4.69, 9.17) is 5.11 Å². The molecule has 2 atom stereocenters. The standard InChI is InChI=1S/C15H19NO4/c1-10-4-2-3-5-11(10)6-7-14(18)16-9-12(17)8-13(16)15(19)20/h2-5,12-13,17H,6-9H2,1H3,(H,19,20)/t12-,13-/m1/s1. The summed E-state index contributed by atoms with van der Waals surface area (Å²) in [6, 6.07) is 6.93. The maximum absolute atomic E-state index is 12.1. The molecule has 0 saturated carbocycles. The first-order valence-corrected chi connectivity index (χ1v) is 6.74. The van der Waals surface area contributed by atoms with Gasteiger partial charge in [-0.05, 0) is 24.5 Å². The summed E-state index contributed by atoms with van der Waals surface area (Å²) >= 11 is 0. The van der Waals surface area contributed by atoms with Gasteiger partial charge in [0, 0.05) is 19.4 Å². The molecule has 0 spiro atoms. The zero-order chi connectivity index (χ0) is 14.7. The summed E-state index contributed by atoms with van der Waals surface area (Å²) in [5.74, 6) is -1.26. The molecule has 20 heavy (non-hydrogen) atoms. The Morgan fingerprint density at radius 1 is 1.35 bits per heavy atom. The SMILES string of the molecule is Cc1ccccc1CCC(=O)N1C[C@H](O)C[C@@H]1C(=O)O. The van der Waals surface area contributed by atoms with Crippen LogP contribution in [0.15, 0.2) is 24.3 Å². The minimum atomic E-state index is -1.05. The van der Waals surface area contributed by atoms with Gasteiger partial charge >= 0.3 is 5.97 Å². The third kappa shape index (κ3) is 3.17. The molecule has 2 N–H and O–H groups in total. The van der Waals surface area contributed by atoms with E-state index in [-0.39, 0.29) is 25.3 Å². The van der Waals surface area contributed by atoms with Crippen LogP contribution < -0.4 is 0 Å². The highest BCUT2D eigenvalue weighted by Gasteiger charge is 2.38. The summed E-state index contributed by atoms with van der Waals surface area (Å²) in [7, 11) is 0. The number of aliphatic hydroxyl groups is 1. The lowest BCUT2D eigenvalue weighted by molar-refractivity contribution is -0.148. The lowest BCUT2D eigenvalue weighted by Crippen LogP contribution is -2.40. The van der Waals surface area contributed by atoms with E-state index in [9.17, 15) is 14.7 Å². The van der Waals surface area contributed by atoms with E-state index >= 15 is 0 Å². The Kier molecular flexibility index (Phi) is 4.39. The average Bonchev–Trinajstić information content (AvgIpc) is 2.80. The van der Waals surface area contributed by atoms with Crippen LogP contribution in [0.2, 0.25) is 0 Å². The Morgan fingerprint density at radius 2 is 2.05 bits per heavy atom. The quantitative estimate of drug-likeness (QED) is 0.859. The molecule has 0 aromatic heterocycles. The molecule has 2 rings (SSSR count). The summed E-state index contributed by atoms with van der Waals surface area (Å²) < 4.78 is 0. The van der Waals surface area contributed by atoms with Gasteiger partial charge < -0.3 is 15.1 Å². The zero-order valence-electron chi connectivity index (χ0n) is 11.5. The summed E-state index contributed by atoms with van der Waals surface area (Å²) in [6.07, 6.45) is 0.232. The molecule has 1 amide bonds. The van der Waals surface area contributed by atoms with Crippen molar-refractivity contribution < 1.29 is 19.8 Å². The predicted octanol–water partition coefficient (Wildman–Crippen LogP) is 0.974.